The Balaban J connectivity index is 2.31. The van der Waals surface area contributed by atoms with E-state index in [0.717, 1.165) is 19.3 Å². The zero-order valence-electron chi connectivity index (χ0n) is 11.7. The molecule has 108 valence electrons. The van der Waals surface area contributed by atoms with Crippen LogP contribution in [0.15, 0.2) is 18.2 Å². The van der Waals surface area contributed by atoms with Crippen molar-refractivity contribution in [2.75, 3.05) is 11.9 Å². The largest absolute Gasteiger partial charge is 0.374 e. The van der Waals surface area contributed by atoms with Gasteiger partial charge in [0.05, 0.1) is 4.92 Å². The molecule has 1 aliphatic carbocycles. The van der Waals surface area contributed by atoms with Crippen molar-refractivity contribution in [2.24, 2.45) is 0 Å². The average Bonchev–Trinajstić information content (AvgIpc) is 2.36. The number of hydrogen-bond donors (Lipinski definition) is 2. The molecule has 0 heterocycles. The first-order valence-corrected chi connectivity index (χ1v) is 6.80. The quantitative estimate of drug-likeness (QED) is 0.640. The lowest BCUT2D eigenvalue weighted by Crippen LogP contribution is -2.41. The zero-order chi connectivity index (χ0) is 14.8. The number of nitrogens with one attached hydrogen (secondary N) is 2. The predicted molar refractivity (Wildman–Crippen MR) is 77.0 cm³/mol. The molecule has 20 heavy (non-hydrogen) atoms. The van der Waals surface area contributed by atoms with Crippen LogP contribution in [0.5, 0.6) is 0 Å². The van der Waals surface area contributed by atoms with E-state index in [2.05, 4.69) is 10.6 Å². The molecule has 1 aliphatic rings. The second-order valence-corrected chi connectivity index (χ2v) is 5.39. The summed E-state index contributed by atoms with van der Waals surface area (Å²) in [5.74, 6) is -0.218. The SMILES string of the molecule is CCNC(=O)c1ccc([N+](=O)[O-])c(NC2(C)CCC2)c1. The third-order valence-corrected chi connectivity index (χ3v) is 3.69. The predicted octanol–water partition coefficient (Wildman–Crippen LogP) is 2.70. The minimum Gasteiger partial charge on any atom is -0.374 e. The Morgan fingerprint density at radius 3 is 2.65 bits per heavy atom. The molecule has 6 heteroatoms. The molecular weight excluding hydrogens is 258 g/mol. The summed E-state index contributed by atoms with van der Waals surface area (Å²) in [4.78, 5) is 22.5. The normalized spacial score (nSPS) is 16.1. The van der Waals surface area contributed by atoms with Gasteiger partial charge in [-0.1, -0.05) is 0 Å². The van der Waals surface area contributed by atoms with E-state index < -0.39 is 4.92 Å². The fraction of sp³-hybridized carbons (Fsp3) is 0.500. The van der Waals surface area contributed by atoms with Crippen LogP contribution in [0.2, 0.25) is 0 Å². The summed E-state index contributed by atoms with van der Waals surface area (Å²) in [7, 11) is 0. The highest BCUT2D eigenvalue weighted by atomic mass is 16.6. The lowest BCUT2D eigenvalue weighted by Gasteiger charge is -2.39. The van der Waals surface area contributed by atoms with Crippen molar-refractivity contribution >= 4 is 17.3 Å². The van der Waals surface area contributed by atoms with E-state index in [1.165, 1.54) is 12.1 Å². The molecule has 0 spiro atoms. The van der Waals surface area contributed by atoms with Crippen molar-refractivity contribution in [1.29, 1.82) is 0 Å². The summed E-state index contributed by atoms with van der Waals surface area (Å²) >= 11 is 0. The van der Waals surface area contributed by atoms with Crippen LogP contribution in [-0.2, 0) is 0 Å². The van der Waals surface area contributed by atoms with Gasteiger partial charge in [-0.05, 0) is 45.2 Å². The van der Waals surface area contributed by atoms with Crippen LogP contribution in [-0.4, -0.2) is 22.9 Å². The molecule has 1 aromatic carbocycles. The maximum Gasteiger partial charge on any atom is 0.292 e. The Kier molecular flexibility index (Phi) is 3.92. The van der Waals surface area contributed by atoms with Crippen LogP contribution in [0.4, 0.5) is 11.4 Å². The minimum absolute atomic E-state index is 0.00572. The van der Waals surface area contributed by atoms with Crippen molar-refractivity contribution in [3.05, 3.63) is 33.9 Å². The summed E-state index contributed by atoms with van der Waals surface area (Å²) in [5.41, 5.74) is 0.750. The van der Waals surface area contributed by atoms with Crippen LogP contribution in [0.25, 0.3) is 0 Å². The van der Waals surface area contributed by atoms with Gasteiger partial charge < -0.3 is 10.6 Å². The van der Waals surface area contributed by atoms with Crippen LogP contribution < -0.4 is 10.6 Å². The molecule has 0 aromatic heterocycles. The Morgan fingerprint density at radius 2 is 2.15 bits per heavy atom. The summed E-state index contributed by atoms with van der Waals surface area (Å²) in [6, 6.07) is 4.43. The van der Waals surface area contributed by atoms with Crippen molar-refractivity contribution in [2.45, 2.75) is 38.6 Å². The Morgan fingerprint density at radius 1 is 1.45 bits per heavy atom. The Hall–Kier alpha value is -2.11. The number of amides is 1. The number of carbonyl (C=O) groups is 1. The standard InChI is InChI=1S/C14H19N3O3/c1-3-15-13(18)10-5-6-12(17(19)20)11(9-10)16-14(2)7-4-8-14/h5-6,9,16H,3-4,7-8H2,1-2H3,(H,15,18). The van der Waals surface area contributed by atoms with Gasteiger partial charge in [-0.15, -0.1) is 0 Å². The fourth-order valence-corrected chi connectivity index (χ4v) is 2.36. The number of hydrogen-bond acceptors (Lipinski definition) is 4. The van der Waals surface area contributed by atoms with Crippen LogP contribution in [0, 0.1) is 10.1 Å². The smallest absolute Gasteiger partial charge is 0.292 e. The lowest BCUT2D eigenvalue weighted by atomic mass is 9.78. The van der Waals surface area contributed by atoms with E-state index in [4.69, 9.17) is 0 Å². The molecule has 2 rings (SSSR count). The lowest BCUT2D eigenvalue weighted by molar-refractivity contribution is -0.384. The van der Waals surface area contributed by atoms with E-state index in [0.29, 0.717) is 17.8 Å². The van der Waals surface area contributed by atoms with E-state index in [1.54, 1.807) is 6.07 Å². The molecule has 6 nitrogen and oxygen atoms in total. The van der Waals surface area contributed by atoms with Gasteiger partial charge in [-0.25, -0.2) is 0 Å². The van der Waals surface area contributed by atoms with Crippen molar-refractivity contribution in [3.63, 3.8) is 0 Å². The van der Waals surface area contributed by atoms with Gasteiger partial charge in [0.25, 0.3) is 11.6 Å². The van der Waals surface area contributed by atoms with Crippen molar-refractivity contribution in [1.82, 2.24) is 5.32 Å². The van der Waals surface area contributed by atoms with Crippen molar-refractivity contribution < 1.29 is 9.72 Å². The third kappa shape index (κ3) is 2.89. The maximum atomic E-state index is 11.8. The van der Waals surface area contributed by atoms with Gasteiger partial charge in [0.15, 0.2) is 0 Å². The fourth-order valence-electron chi connectivity index (χ4n) is 2.36. The van der Waals surface area contributed by atoms with Crippen LogP contribution in [0.1, 0.15) is 43.5 Å². The van der Waals surface area contributed by atoms with E-state index in [1.807, 2.05) is 13.8 Å². The highest BCUT2D eigenvalue weighted by molar-refractivity contribution is 5.95. The molecule has 2 N–H and O–H groups in total. The van der Waals surface area contributed by atoms with Gasteiger partial charge in [-0.3, -0.25) is 14.9 Å². The first-order chi connectivity index (χ1) is 9.45. The highest BCUT2D eigenvalue weighted by Crippen LogP contribution is 2.37. The maximum absolute atomic E-state index is 11.8. The molecular formula is C14H19N3O3. The molecule has 0 radical (unpaired) electrons. The van der Waals surface area contributed by atoms with Crippen LogP contribution >= 0.6 is 0 Å². The van der Waals surface area contributed by atoms with Crippen LogP contribution in [0.3, 0.4) is 0 Å². The molecule has 1 fully saturated rings. The summed E-state index contributed by atoms with van der Waals surface area (Å²) in [6.45, 7) is 4.40. The number of nitro groups is 1. The number of nitrogens with zero attached hydrogens (tertiary/aromatic N) is 1. The zero-order valence-corrected chi connectivity index (χ0v) is 11.7. The molecule has 0 aliphatic heterocycles. The number of nitro benzene ring substituents is 1. The Bertz CT molecular complexity index is 538. The highest BCUT2D eigenvalue weighted by Gasteiger charge is 2.33. The summed E-state index contributed by atoms with van der Waals surface area (Å²) < 4.78 is 0. The third-order valence-electron chi connectivity index (χ3n) is 3.69. The first-order valence-electron chi connectivity index (χ1n) is 6.80. The van der Waals surface area contributed by atoms with Gasteiger partial charge >= 0.3 is 0 Å². The molecule has 0 saturated heterocycles. The Labute approximate surface area is 117 Å². The number of rotatable bonds is 5. The topological polar surface area (TPSA) is 84.3 Å². The van der Waals surface area contributed by atoms with Gasteiger partial charge in [0.2, 0.25) is 0 Å². The van der Waals surface area contributed by atoms with Gasteiger partial charge in [-0.2, -0.15) is 0 Å². The molecule has 1 amide bonds. The monoisotopic (exact) mass is 277 g/mol. The summed E-state index contributed by atoms with van der Waals surface area (Å²) in [5, 5.41) is 17.0. The van der Waals surface area contributed by atoms with E-state index >= 15 is 0 Å². The molecule has 0 atom stereocenters. The minimum atomic E-state index is -0.425. The number of carbonyl (C=O) groups excluding carboxylic acids is 1. The van der Waals surface area contributed by atoms with Gasteiger partial charge in [0, 0.05) is 23.7 Å². The van der Waals surface area contributed by atoms with Gasteiger partial charge in [0.1, 0.15) is 5.69 Å². The number of benzene rings is 1. The second-order valence-electron chi connectivity index (χ2n) is 5.39. The number of anilines is 1. The average molecular weight is 277 g/mol. The van der Waals surface area contributed by atoms with E-state index in [-0.39, 0.29) is 17.1 Å². The first kappa shape index (κ1) is 14.3. The molecule has 0 bridgehead atoms. The molecule has 1 aromatic rings. The van der Waals surface area contributed by atoms with E-state index in [9.17, 15) is 14.9 Å². The molecule has 1 saturated carbocycles. The van der Waals surface area contributed by atoms with Crippen molar-refractivity contribution in [3.8, 4) is 0 Å². The second kappa shape index (κ2) is 5.48. The summed E-state index contributed by atoms with van der Waals surface area (Å²) in [6.07, 6.45) is 3.08. The molecule has 0 unspecified atom stereocenters.